The molecule has 7 heteroatoms. The molecule has 3 aromatic rings. The standard InChI is InChI=1S/C18H17F3N4/c19-18(20,21)15-14-13(5-8-23-16(14)25-24-15)11-3-1-4-12(9-11)17(10-22)6-2-7-17/h1,3-5,8-9H,2,6-7,10,22H2,(H,23,24,25). The number of nitrogens with one attached hydrogen (secondary N) is 1. The van der Waals surface area contributed by atoms with E-state index in [1.54, 1.807) is 6.07 Å². The number of pyridine rings is 1. The third kappa shape index (κ3) is 2.50. The van der Waals surface area contributed by atoms with Gasteiger partial charge in [0.2, 0.25) is 0 Å². The third-order valence-electron chi connectivity index (χ3n) is 5.22. The maximum atomic E-state index is 13.3. The van der Waals surface area contributed by atoms with Gasteiger partial charge in [-0.25, -0.2) is 4.98 Å². The fourth-order valence-corrected chi connectivity index (χ4v) is 3.63. The van der Waals surface area contributed by atoms with Crippen LogP contribution in [0.3, 0.4) is 0 Å². The van der Waals surface area contributed by atoms with E-state index in [-0.39, 0.29) is 16.4 Å². The maximum Gasteiger partial charge on any atom is 0.435 e. The van der Waals surface area contributed by atoms with Crippen LogP contribution in [0.5, 0.6) is 0 Å². The van der Waals surface area contributed by atoms with Crippen molar-refractivity contribution < 1.29 is 13.2 Å². The zero-order valence-electron chi connectivity index (χ0n) is 13.4. The van der Waals surface area contributed by atoms with Crippen LogP contribution in [0.25, 0.3) is 22.2 Å². The van der Waals surface area contributed by atoms with E-state index in [0.29, 0.717) is 12.1 Å². The molecule has 0 saturated heterocycles. The second kappa shape index (κ2) is 5.56. The van der Waals surface area contributed by atoms with E-state index in [0.717, 1.165) is 30.4 Å². The molecule has 4 nitrogen and oxygen atoms in total. The van der Waals surface area contributed by atoms with Gasteiger partial charge in [-0.3, -0.25) is 5.10 Å². The van der Waals surface area contributed by atoms with Crippen LogP contribution in [-0.2, 0) is 11.6 Å². The quantitative estimate of drug-likeness (QED) is 0.752. The Hall–Kier alpha value is -2.41. The van der Waals surface area contributed by atoms with Gasteiger partial charge >= 0.3 is 6.18 Å². The Bertz CT molecular complexity index is 920. The van der Waals surface area contributed by atoms with Gasteiger partial charge in [-0.05, 0) is 35.6 Å². The number of benzene rings is 1. The summed E-state index contributed by atoms with van der Waals surface area (Å²) >= 11 is 0. The number of nitrogens with two attached hydrogens (primary N) is 1. The average molecular weight is 346 g/mol. The molecule has 2 aromatic heterocycles. The second-order valence-electron chi connectivity index (χ2n) is 6.57. The van der Waals surface area contributed by atoms with Gasteiger partial charge in [0.15, 0.2) is 11.3 Å². The van der Waals surface area contributed by atoms with Crippen LogP contribution in [0.15, 0.2) is 36.5 Å². The molecule has 0 unspecified atom stereocenters. The van der Waals surface area contributed by atoms with Crippen molar-refractivity contribution >= 4 is 11.0 Å². The summed E-state index contributed by atoms with van der Waals surface area (Å²) in [5.41, 5.74) is 7.39. The van der Waals surface area contributed by atoms with Crippen LogP contribution < -0.4 is 5.73 Å². The Balaban J connectivity index is 1.90. The van der Waals surface area contributed by atoms with Crippen molar-refractivity contribution in [3.8, 4) is 11.1 Å². The summed E-state index contributed by atoms with van der Waals surface area (Å²) in [6, 6.07) is 9.25. The van der Waals surface area contributed by atoms with Crippen molar-refractivity contribution in [2.24, 2.45) is 5.73 Å². The minimum atomic E-state index is -4.54. The molecule has 1 aromatic carbocycles. The van der Waals surface area contributed by atoms with Crippen molar-refractivity contribution in [3.05, 3.63) is 47.8 Å². The molecule has 1 aliphatic rings. The molecule has 3 N–H and O–H groups in total. The topological polar surface area (TPSA) is 67.6 Å². The molecule has 0 spiro atoms. The molecule has 2 heterocycles. The lowest BCUT2D eigenvalue weighted by Crippen LogP contribution is -2.41. The van der Waals surface area contributed by atoms with Crippen LogP contribution in [0, 0.1) is 0 Å². The number of fused-ring (bicyclic) bond motifs is 1. The predicted molar refractivity (Wildman–Crippen MR) is 88.9 cm³/mol. The summed E-state index contributed by atoms with van der Waals surface area (Å²) in [6.07, 6.45) is 0.0993. The van der Waals surface area contributed by atoms with E-state index < -0.39 is 11.9 Å². The van der Waals surface area contributed by atoms with E-state index in [9.17, 15) is 13.2 Å². The average Bonchev–Trinajstić information content (AvgIpc) is 2.99. The first-order chi connectivity index (χ1) is 11.9. The molecule has 25 heavy (non-hydrogen) atoms. The molecule has 130 valence electrons. The Morgan fingerprint density at radius 2 is 2.00 bits per heavy atom. The highest BCUT2D eigenvalue weighted by molar-refractivity contribution is 5.94. The maximum absolute atomic E-state index is 13.3. The van der Waals surface area contributed by atoms with Gasteiger partial charge in [-0.2, -0.15) is 18.3 Å². The first kappa shape index (κ1) is 16.1. The van der Waals surface area contributed by atoms with Crippen molar-refractivity contribution in [3.63, 3.8) is 0 Å². The lowest BCUT2D eigenvalue weighted by atomic mass is 9.64. The summed E-state index contributed by atoms with van der Waals surface area (Å²) in [6.45, 7) is 0.543. The predicted octanol–water partition coefficient (Wildman–Crippen LogP) is 4.02. The monoisotopic (exact) mass is 346 g/mol. The molecule has 0 atom stereocenters. The van der Waals surface area contributed by atoms with Crippen LogP contribution >= 0.6 is 0 Å². The van der Waals surface area contributed by atoms with Crippen molar-refractivity contribution in [2.75, 3.05) is 6.54 Å². The number of H-pyrrole nitrogens is 1. The third-order valence-corrected chi connectivity index (χ3v) is 5.22. The van der Waals surface area contributed by atoms with Crippen LogP contribution in [-0.4, -0.2) is 21.7 Å². The summed E-state index contributed by atoms with van der Waals surface area (Å²) in [7, 11) is 0. The molecular weight excluding hydrogens is 329 g/mol. The van der Waals surface area contributed by atoms with E-state index in [1.807, 2.05) is 24.3 Å². The Kier molecular flexibility index (Phi) is 3.57. The number of aromatic nitrogens is 3. The van der Waals surface area contributed by atoms with Gasteiger partial charge in [0, 0.05) is 18.2 Å². The van der Waals surface area contributed by atoms with Gasteiger partial charge < -0.3 is 5.73 Å². The molecule has 0 bridgehead atoms. The number of nitrogens with zero attached hydrogens (tertiary/aromatic N) is 2. The SMILES string of the molecule is NCC1(c2cccc(-c3ccnc4[nH]nc(C(F)(F)F)c34)c2)CCC1. The minimum absolute atomic E-state index is 0.00237. The van der Waals surface area contributed by atoms with Gasteiger partial charge in [-0.1, -0.05) is 30.7 Å². The van der Waals surface area contributed by atoms with Crippen molar-refractivity contribution in [1.29, 1.82) is 0 Å². The van der Waals surface area contributed by atoms with Crippen molar-refractivity contribution in [2.45, 2.75) is 30.9 Å². The molecule has 0 radical (unpaired) electrons. The van der Waals surface area contributed by atoms with E-state index >= 15 is 0 Å². The van der Waals surface area contributed by atoms with Gasteiger partial charge in [0.1, 0.15) is 0 Å². The second-order valence-corrected chi connectivity index (χ2v) is 6.57. The lowest BCUT2D eigenvalue weighted by Gasteiger charge is -2.41. The fraction of sp³-hybridized carbons (Fsp3) is 0.333. The van der Waals surface area contributed by atoms with E-state index in [1.165, 1.54) is 6.20 Å². The summed E-state index contributed by atoms with van der Waals surface area (Å²) in [4.78, 5) is 3.98. The smallest absolute Gasteiger partial charge is 0.330 e. The van der Waals surface area contributed by atoms with Crippen molar-refractivity contribution in [1.82, 2.24) is 15.2 Å². The summed E-state index contributed by atoms with van der Waals surface area (Å²) in [5.74, 6) is 0. The first-order valence-corrected chi connectivity index (χ1v) is 8.16. The highest BCUT2D eigenvalue weighted by atomic mass is 19.4. The van der Waals surface area contributed by atoms with E-state index in [4.69, 9.17) is 5.73 Å². The molecular formula is C18H17F3N4. The minimum Gasteiger partial charge on any atom is -0.330 e. The number of alkyl halides is 3. The normalized spacial score (nSPS) is 16.8. The zero-order chi connectivity index (χ0) is 17.7. The molecule has 1 fully saturated rings. The lowest BCUT2D eigenvalue weighted by molar-refractivity contribution is -0.139. The number of rotatable bonds is 3. The molecule has 1 saturated carbocycles. The first-order valence-electron chi connectivity index (χ1n) is 8.16. The highest BCUT2D eigenvalue weighted by Gasteiger charge is 2.38. The van der Waals surface area contributed by atoms with Gasteiger partial charge in [-0.15, -0.1) is 0 Å². The largest absolute Gasteiger partial charge is 0.435 e. The number of aromatic amines is 1. The Labute approximate surface area is 142 Å². The van der Waals surface area contributed by atoms with E-state index in [2.05, 4.69) is 15.2 Å². The Morgan fingerprint density at radius 3 is 2.64 bits per heavy atom. The number of hydrogen-bond donors (Lipinski definition) is 2. The molecule has 0 amide bonds. The van der Waals surface area contributed by atoms with Gasteiger partial charge in [0.05, 0.1) is 5.39 Å². The number of hydrogen-bond acceptors (Lipinski definition) is 3. The van der Waals surface area contributed by atoms with Gasteiger partial charge in [0.25, 0.3) is 0 Å². The number of halogens is 3. The molecule has 4 rings (SSSR count). The van der Waals surface area contributed by atoms with Crippen LogP contribution in [0.1, 0.15) is 30.5 Å². The molecule has 1 aliphatic carbocycles. The highest BCUT2D eigenvalue weighted by Crippen LogP contribution is 2.44. The molecule has 0 aliphatic heterocycles. The van der Waals surface area contributed by atoms with Crippen LogP contribution in [0.2, 0.25) is 0 Å². The summed E-state index contributed by atoms with van der Waals surface area (Å²) in [5, 5.41) is 5.82. The fourth-order valence-electron chi connectivity index (χ4n) is 3.63. The van der Waals surface area contributed by atoms with Crippen LogP contribution in [0.4, 0.5) is 13.2 Å². The Morgan fingerprint density at radius 1 is 1.20 bits per heavy atom. The zero-order valence-corrected chi connectivity index (χ0v) is 13.4. The summed E-state index contributed by atoms with van der Waals surface area (Å²) < 4.78 is 39.9.